The van der Waals surface area contributed by atoms with Crippen molar-refractivity contribution >= 4 is 11.6 Å². The van der Waals surface area contributed by atoms with E-state index in [9.17, 15) is 5.11 Å². The molecule has 0 saturated carbocycles. The third-order valence-corrected chi connectivity index (χ3v) is 2.16. The Bertz CT molecular complexity index is 123. The lowest BCUT2D eigenvalue weighted by atomic mass is 10.3. The fourth-order valence-electron chi connectivity index (χ4n) is 1.21. The highest BCUT2D eigenvalue weighted by Crippen LogP contribution is 2.02. The van der Waals surface area contributed by atoms with E-state index in [1.54, 1.807) is 0 Å². The van der Waals surface area contributed by atoms with Crippen molar-refractivity contribution in [3.05, 3.63) is 0 Å². The summed E-state index contributed by atoms with van der Waals surface area (Å²) >= 11 is 5.48. The maximum absolute atomic E-state index is 9.28. The minimum atomic E-state index is -0.444. The summed E-state index contributed by atoms with van der Waals surface area (Å²) in [4.78, 5) is 0. The van der Waals surface area contributed by atoms with Crippen molar-refractivity contribution in [3.8, 4) is 0 Å². The molecule has 0 aliphatic carbocycles. The summed E-state index contributed by atoms with van der Waals surface area (Å²) in [6.45, 7) is 1.71. The summed E-state index contributed by atoms with van der Waals surface area (Å²) in [5.41, 5.74) is 0. The number of halogens is 2. The number of rotatable bonds is 6. The molecule has 2 N–H and O–H groups in total. The van der Waals surface area contributed by atoms with Gasteiger partial charge in [-0.15, -0.1) is 11.6 Å². The van der Waals surface area contributed by atoms with Gasteiger partial charge in [-0.1, -0.05) is 0 Å². The largest absolute Gasteiger partial charge is 1.00 e. The van der Waals surface area contributed by atoms with Crippen LogP contribution in [-0.2, 0) is 0 Å². The van der Waals surface area contributed by atoms with E-state index in [1.807, 2.05) is 14.1 Å². The number of nitrogens with zero attached hydrogens (tertiary/aromatic N) is 1. The van der Waals surface area contributed by atoms with Crippen LogP contribution in [0.15, 0.2) is 0 Å². The van der Waals surface area contributed by atoms with Gasteiger partial charge in [0.15, 0.2) is 0 Å². The van der Waals surface area contributed by atoms with E-state index in [0.29, 0.717) is 11.0 Å². The highest BCUT2D eigenvalue weighted by Gasteiger charge is 2.18. The molecular formula is C8H19Cl2NO2. The summed E-state index contributed by atoms with van der Waals surface area (Å²) in [5.74, 6) is 0.279. The van der Waals surface area contributed by atoms with E-state index >= 15 is 0 Å². The first-order valence-electron chi connectivity index (χ1n) is 4.19. The van der Waals surface area contributed by atoms with Crippen LogP contribution in [0.25, 0.3) is 0 Å². The van der Waals surface area contributed by atoms with Gasteiger partial charge in [0.25, 0.3) is 0 Å². The highest BCUT2D eigenvalue weighted by molar-refractivity contribution is 6.18. The Kier molecular flexibility index (Phi) is 9.58. The SMILES string of the molecule is C[N+](C)(CCCO)CC(O)CCl.[Cl-]. The second-order valence-electron chi connectivity index (χ2n) is 3.73. The molecule has 13 heavy (non-hydrogen) atoms. The summed E-state index contributed by atoms with van der Waals surface area (Å²) in [6.07, 6.45) is 0.322. The average Bonchev–Trinajstić information content (AvgIpc) is 2.00. The van der Waals surface area contributed by atoms with Crippen molar-refractivity contribution in [1.29, 1.82) is 0 Å². The number of quaternary nitrogens is 1. The predicted molar refractivity (Wildman–Crippen MR) is 50.3 cm³/mol. The van der Waals surface area contributed by atoms with Gasteiger partial charge in [0.05, 0.1) is 26.5 Å². The maximum Gasteiger partial charge on any atom is 0.116 e. The van der Waals surface area contributed by atoms with Gasteiger partial charge in [-0.25, -0.2) is 0 Å². The van der Waals surface area contributed by atoms with Crippen LogP contribution in [0.4, 0.5) is 0 Å². The van der Waals surface area contributed by atoms with Gasteiger partial charge < -0.3 is 27.1 Å². The van der Waals surface area contributed by atoms with Gasteiger partial charge >= 0.3 is 0 Å². The first-order chi connectivity index (χ1) is 5.52. The predicted octanol–water partition coefficient (Wildman–Crippen LogP) is -2.95. The molecule has 3 nitrogen and oxygen atoms in total. The van der Waals surface area contributed by atoms with Crippen molar-refractivity contribution in [2.45, 2.75) is 12.5 Å². The van der Waals surface area contributed by atoms with Crippen LogP contribution in [0.5, 0.6) is 0 Å². The van der Waals surface area contributed by atoms with Crippen LogP contribution in [-0.4, -0.2) is 60.5 Å². The average molecular weight is 232 g/mol. The van der Waals surface area contributed by atoms with Gasteiger partial charge in [0, 0.05) is 13.0 Å². The molecule has 0 spiro atoms. The Morgan fingerprint density at radius 1 is 1.38 bits per heavy atom. The third kappa shape index (κ3) is 8.78. The molecule has 1 atom stereocenters. The normalized spacial score (nSPS) is 13.6. The zero-order valence-electron chi connectivity index (χ0n) is 8.21. The number of hydrogen-bond donors (Lipinski definition) is 2. The molecule has 0 aromatic heterocycles. The molecule has 82 valence electrons. The Hall–Kier alpha value is 0.460. The molecule has 5 heteroatoms. The number of aliphatic hydroxyl groups is 2. The van der Waals surface area contributed by atoms with E-state index in [2.05, 4.69) is 0 Å². The van der Waals surface area contributed by atoms with Crippen LogP contribution in [0.2, 0.25) is 0 Å². The Balaban J connectivity index is 0. The zero-order chi connectivity index (χ0) is 9.61. The Morgan fingerprint density at radius 3 is 2.31 bits per heavy atom. The summed E-state index contributed by atoms with van der Waals surface area (Å²) in [7, 11) is 4.04. The van der Waals surface area contributed by atoms with E-state index < -0.39 is 6.10 Å². The monoisotopic (exact) mass is 231 g/mol. The lowest BCUT2D eigenvalue weighted by Crippen LogP contribution is -3.00. The van der Waals surface area contributed by atoms with E-state index in [4.69, 9.17) is 16.7 Å². The zero-order valence-corrected chi connectivity index (χ0v) is 9.72. The quantitative estimate of drug-likeness (QED) is 0.380. The highest BCUT2D eigenvalue weighted by atomic mass is 35.5. The van der Waals surface area contributed by atoms with Crippen LogP contribution < -0.4 is 12.4 Å². The maximum atomic E-state index is 9.28. The standard InChI is InChI=1S/C8H19ClNO2.ClH/c1-10(2,4-3-5-11)7-8(12)6-9;/h8,11-12H,3-7H2,1-2H3;1H/q+1;/p-1. The molecule has 0 saturated heterocycles. The number of aliphatic hydroxyl groups excluding tert-OH is 2. The van der Waals surface area contributed by atoms with Crippen molar-refractivity contribution in [2.75, 3.05) is 39.7 Å². The fourth-order valence-corrected chi connectivity index (χ4v) is 1.31. The summed E-state index contributed by atoms with van der Waals surface area (Å²) < 4.78 is 0.703. The molecule has 0 rings (SSSR count). The van der Waals surface area contributed by atoms with Crippen LogP contribution >= 0.6 is 11.6 Å². The van der Waals surface area contributed by atoms with Crippen LogP contribution in [0.3, 0.4) is 0 Å². The minimum Gasteiger partial charge on any atom is -1.00 e. The van der Waals surface area contributed by atoms with Crippen molar-refractivity contribution in [3.63, 3.8) is 0 Å². The molecule has 0 aliphatic heterocycles. The van der Waals surface area contributed by atoms with E-state index in [1.165, 1.54) is 0 Å². The first kappa shape index (κ1) is 15.9. The molecule has 0 aromatic rings. The first-order valence-corrected chi connectivity index (χ1v) is 4.72. The van der Waals surface area contributed by atoms with Crippen molar-refractivity contribution in [2.24, 2.45) is 0 Å². The number of alkyl halides is 1. The molecule has 0 aliphatic rings. The summed E-state index contributed by atoms with van der Waals surface area (Å²) in [6, 6.07) is 0. The molecule has 0 fully saturated rings. The van der Waals surface area contributed by atoms with Gasteiger partial charge in [0.2, 0.25) is 0 Å². The third-order valence-electron chi connectivity index (χ3n) is 1.80. The second kappa shape index (κ2) is 7.83. The summed E-state index contributed by atoms with van der Waals surface area (Å²) in [5, 5.41) is 17.9. The molecular weight excluding hydrogens is 213 g/mol. The topological polar surface area (TPSA) is 40.5 Å². The van der Waals surface area contributed by atoms with Gasteiger partial charge in [-0.2, -0.15) is 0 Å². The molecule has 0 aromatic carbocycles. The van der Waals surface area contributed by atoms with Gasteiger partial charge in [0.1, 0.15) is 12.6 Å². The van der Waals surface area contributed by atoms with Gasteiger partial charge in [-0.3, -0.25) is 0 Å². The Morgan fingerprint density at radius 2 is 1.92 bits per heavy atom. The minimum absolute atomic E-state index is 0. The number of likely N-dealkylation sites (N-methyl/N-ethyl adjacent to an activating group) is 1. The molecule has 0 amide bonds. The van der Waals surface area contributed by atoms with E-state index in [0.717, 1.165) is 13.0 Å². The molecule has 0 radical (unpaired) electrons. The van der Waals surface area contributed by atoms with Crippen LogP contribution in [0, 0.1) is 0 Å². The molecule has 1 unspecified atom stereocenters. The lowest BCUT2D eigenvalue weighted by molar-refractivity contribution is -0.893. The van der Waals surface area contributed by atoms with E-state index in [-0.39, 0.29) is 24.9 Å². The van der Waals surface area contributed by atoms with Crippen molar-refractivity contribution < 1.29 is 27.1 Å². The van der Waals surface area contributed by atoms with Crippen LogP contribution in [0.1, 0.15) is 6.42 Å². The molecule has 0 heterocycles. The number of hydrogen-bond acceptors (Lipinski definition) is 2. The smallest absolute Gasteiger partial charge is 0.116 e. The fraction of sp³-hybridized carbons (Fsp3) is 1.00. The Labute approximate surface area is 91.3 Å². The second-order valence-corrected chi connectivity index (χ2v) is 4.04. The molecule has 0 bridgehead atoms. The van der Waals surface area contributed by atoms with Gasteiger partial charge in [-0.05, 0) is 0 Å². The van der Waals surface area contributed by atoms with Crippen molar-refractivity contribution in [1.82, 2.24) is 0 Å². The lowest BCUT2D eigenvalue weighted by Gasteiger charge is -2.31.